The van der Waals surface area contributed by atoms with E-state index in [0.29, 0.717) is 22.7 Å². The van der Waals surface area contributed by atoms with Crippen LogP contribution in [0.25, 0.3) is 10.8 Å². The van der Waals surface area contributed by atoms with Crippen molar-refractivity contribution in [3.8, 4) is 5.75 Å². The first-order valence-corrected chi connectivity index (χ1v) is 15.4. The Morgan fingerprint density at radius 2 is 1.71 bits per heavy atom. The molecule has 9 nitrogen and oxygen atoms in total. The molecule has 1 heterocycles. The molecule has 48 heavy (non-hydrogen) atoms. The first kappa shape index (κ1) is 36.7. The summed E-state index contributed by atoms with van der Waals surface area (Å²) in [5, 5.41) is 17.0. The molecule has 0 aromatic heterocycles. The van der Waals surface area contributed by atoms with Crippen molar-refractivity contribution < 1.29 is 37.4 Å². The maximum Gasteiger partial charge on any atom is 0.418 e. The molecule has 5 rings (SSSR count). The monoisotopic (exact) mass is 748 g/mol. The number of likely N-dealkylation sites (N-methyl/N-ethyl adjacent to an activating group) is 1. The zero-order valence-electron chi connectivity index (χ0n) is 26.0. The van der Waals surface area contributed by atoms with Gasteiger partial charge in [0.2, 0.25) is 5.91 Å². The number of aliphatic hydroxyl groups is 1. The van der Waals surface area contributed by atoms with Crippen molar-refractivity contribution >= 4 is 68.2 Å². The molecule has 0 fully saturated rings. The van der Waals surface area contributed by atoms with Crippen molar-refractivity contribution in [2.24, 2.45) is 0 Å². The predicted octanol–water partition coefficient (Wildman–Crippen LogP) is 5.91. The summed E-state index contributed by atoms with van der Waals surface area (Å²) < 4.78 is 45.9. The Morgan fingerprint density at radius 1 is 1.04 bits per heavy atom. The molecule has 0 saturated carbocycles. The van der Waals surface area contributed by atoms with E-state index < -0.39 is 47.6 Å². The molecule has 3 unspecified atom stereocenters. The van der Waals surface area contributed by atoms with Crippen molar-refractivity contribution in [2.75, 3.05) is 30.5 Å². The minimum atomic E-state index is -4.88. The van der Waals surface area contributed by atoms with Gasteiger partial charge in [0, 0.05) is 15.6 Å². The molecule has 254 valence electrons. The number of rotatable bonds is 8. The molecular formula is C34H33BrClF3N4O5. The number of hydrogen-bond acceptors (Lipinski definition) is 6. The van der Waals surface area contributed by atoms with Gasteiger partial charge in [0.25, 0.3) is 11.8 Å². The number of methoxy groups -OCH3 is 1. The third-order valence-corrected chi connectivity index (χ3v) is 8.64. The highest BCUT2D eigenvalue weighted by Crippen LogP contribution is 2.38. The van der Waals surface area contributed by atoms with E-state index in [1.165, 1.54) is 29.0 Å². The van der Waals surface area contributed by atoms with Crippen LogP contribution in [0.4, 0.5) is 24.5 Å². The minimum Gasteiger partial charge on any atom is -0.496 e. The molecule has 3 N–H and O–H groups in total. The van der Waals surface area contributed by atoms with E-state index in [4.69, 9.17) is 4.74 Å². The number of anilines is 2. The van der Waals surface area contributed by atoms with Gasteiger partial charge in [-0.05, 0) is 72.8 Å². The standard InChI is InChI=1S/C34H32BrF3N4O5.ClH/c1-19(39-2)31(44)40-26-18-42(32(45)21-10-8-20(9-11-21)30(43)34(36,37)38)28-7-5-4-6-27(28)41(33(26)46)17-25-24-14-13-23(35)16-22(24)12-15-29(25)47-3;/h4-16,19,26,30,39,43H,17-18H2,1-3H3,(H,40,44);1H. The first-order valence-electron chi connectivity index (χ1n) is 14.6. The van der Waals surface area contributed by atoms with Crippen molar-refractivity contribution in [1.82, 2.24) is 10.6 Å². The van der Waals surface area contributed by atoms with Gasteiger partial charge >= 0.3 is 6.18 Å². The van der Waals surface area contributed by atoms with Crippen LogP contribution < -0.4 is 25.2 Å². The molecule has 0 radical (unpaired) electrons. The summed E-state index contributed by atoms with van der Waals surface area (Å²) in [6.07, 6.45) is -7.59. The maximum absolute atomic E-state index is 14.4. The highest BCUT2D eigenvalue weighted by molar-refractivity contribution is 9.10. The highest BCUT2D eigenvalue weighted by Gasteiger charge is 2.40. The molecule has 0 aliphatic carbocycles. The largest absolute Gasteiger partial charge is 0.496 e. The first-order chi connectivity index (χ1) is 22.3. The van der Waals surface area contributed by atoms with Gasteiger partial charge in [-0.15, -0.1) is 12.4 Å². The Balaban J connectivity index is 0.00000520. The summed E-state index contributed by atoms with van der Waals surface area (Å²) in [5.74, 6) is -1.03. The number of carbonyl (C=O) groups excluding carboxylic acids is 3. The molecule has 1 aliphatic heterocycles. The zero-order valence-corrected chi connectivity index (χ0v) is 28.4. The fourth-order valence-corrected chi connectivity index (χ4v) is 5.87. The summed E-state index contributed by atoms with van der Waals surface area (Å²) in [5.41, 5.74) is 1.03. The van der Waals surface area contributed by atoms with E-state index in [1.54, 1.807) is 44.3 Å². The van der Waals surface area contributed by atoms with E-state index in [2.05, 4.69) is 26.6 Å². The Labute approximate surface area is 289 Å². The average Bonchev–Trinajstić information content (AvgIpc) is 3.17. The lowest BCUT2D eigenvalue weighted by Crippen LogP contribution is -2.55. The highest BCUT2D eigenvalue weighted by atomic mass is 79.9. The van der Waals surface area contributed by atoms with Crippen LogP contribution in [0.2, 0.25) is 0 Å². The summed E-state index contributed by atoms with van der Waals surface area (Å²) in [6.45, 7) is 1.39. The number of nitrogens with one attached hydrogen (secondary N) is 2. The Morgan fingerprint density at radius 3 is 2.33 bits per heavy atom. The molecule has 3 atom stereocenters. The molecule has 1 aliphatic rings. The van der Waals surface area contributed by atoms with Crippen molar-refractivity contribution in [3.63, 3.8) is 0 Å². The van der Waals surface area contributed by atoms with Crippen molar-refractivity contribution in [1.29, 1.82) is 0 Å². The average molecular weight is 750 g/mol. The predicted molar refractivity (Wildman–Crippen MR) is 183 cm³/mol. The molecule has 0 saturated heterocycles. The minimum absolute atomic E-state index is 0. The van der Waals surface area contributed by atoms with Gasteiger partial charge in [-0.1, -0.05) is 52.3 Å². The normalized spacial score (nSPS) is 16.0. The number of fused-ring (bicyclic) bond motifs is 2. The number of carbonyl (C=O) groups is 3. The Kier molecular flexibility index (Phi) is 11.4. The van der Waals surface area contributed by atoms with E-state index in [0.717, 1.165) is 27.4 Å². The van der Waals surface area contributed by atoms with E-state index >= 15 is 0 Å². The van der Waals surface area contributed by atoms with Gasteiger partial charge in [-0.25, -0.2) is 0 Å². The summed E-state index contributed by atoms with van der Waals surface area (Å²) >= 11 is 3.50. The van der Waals surface area contributed by atoms with Crippen LogP contribution in [0.1, 0.15) is 34.5 Å². The summed E-state index contributed by atoms with van der Waals surface area (Å²) in [4.78, 5) is 44.4. The lowest BCUT2D eigenvalue weighted by Gasteiger charge is -2.27. The van der Waals surface area contributed by atoms with Crippen LogP contribution >= 0.6 is 28.3 Å². The smallest absolute Gasteiger partial charge is 0.418 e. The summed E-state index contributed by atoms with van der Waals surface area (Å²) in [7, 11) is 3.13. The molecule has 4 aromatic carbocycles. The zero-order chi connectivity index (χ0) is 34.0. The number of alkyl halides is 3. The van der Waals surface area contributed by atoms with Crippen LogP contribution in [0.3, 0.4) is 0 Å². The van der Waals surface area contributed by atoms with Gasteiger partial charge in [0.05, 0.1) is 37.6 Å². The van der Waals surface area contributed by atoms with Crippen molar-refractivity contribution in [2.45, 2.75) is 37.8 Å². The van der Waals surface area contributed by atoms with Gasteiger partial charge in [0.1, 0.15) is 11.8 Å². The number of halogens is 5. The van der Waals surface area contributed by atoms with Crippen LogP contribution in [0, 0.1) is 0 Å². The number of amides is 3. The van der Waals surface area contributed by atoms with E-state index in [1.807, 2.05) is 24.3 Å². The molecular weight excluding hydrogens is 717 g/mol. The molecule has 3 amide bonds. The number of para-hydroxylation sites is 2. The van der Waals surface area contributed by atoms with Crippen LogP contribution in [0.5, 0.6) is 5.75 Å². The van der Waals surface area contributed by atoms with Gasteiger partial charge in [-0.2, -0.15) is 13.2 Å². The van der Waals surface area contributed by atoms with E-state index in [-0.39, 0.29) is 31.1 Å². The Hall–Kier alpha value is -4.17. The lowest BCUT2D eigenvalue weighted by atomic mass is 10.0. The SMILES string of the molecule is CNC(C)C(=O)NC1CN(C(=O)c2ccc(C(O)C(F)(F)F)cc2)c2ccccc2N(Cc2c(OC)ccc3cc(Br)ccc23)C1=O.Cl. The van der Waals surface area contributed by atoms with Crippen molar-refractivity contribution in [3.05, 3.63) is 100 Å². The quantitative estimate of drug-likeness (QED) is 0.207. The van der Waals surface area contributed by atoms with Gasteiger partial charge < -0.3 is 30.3 Å². The third-order valence-electron chi connectivity index (χ3n) is 8.15. The second-order valence-electron chi connectivity index (χ2n) is 11.1. The second-order valence-corrected chi connectivity index (χ2v) is 12.0. The van der Waals surface area contributed by atoms with Gasteiger partial charge in [-0.3, -0.25) is 14.4 Å². The molecule has 4 aromatic rings. The number of nitrogens with zero attached hydrogens (tertiary/aromatic N) is 2. The number of hydrogen-bond donors (Lipinski definition) is 3. The molecule has 14 heteroatoms. The van der Waals surface area contributed by atoms with Gasteiger partial charge in [0.15, 0.2) is 6.10 Å². The fourth-order valence-electron chi connectivity index (χ4n) is 5.49. The van der Waals surface area contributed by atoms with Crippen LogP contribution in [-0.2, 0) is 16.1 Å². The van der Waals surface area contributed by atoms with E-state index in [9.17, 15) is 32.7 Å². The Bertz CT molecular complexity index is 1830. The third kappa shape index (κ3) is 7.44. The lowest BCUT2D eigenvalue weighted by molar-refractivity contribution is -0.206. The fraction of sp³-hybridized carbons (Fsp3) is 0.265. The second kappa shape index (κ2) is 14.9. The number of benzene rings is 4. The van der Waals surface area contributed by atoms with Crippen LogP contribution in [0.15, 0.2) is 83.3 Å². The number of ether oxygens (including phenoxy) is 1. The van der Waals surface area contributed by atoms with Crippen LogP contribution in [-0.4, -0.2) is 61.8 Å². The topological polar surface area (TPSA) is 111 Å². The summed E-state index contributed by atoms with van der Waals surface area (Å²) in [6, 6.07) is 18.8. The molecule has 0 bridgehead atoms. The maximum atomic E-state index is 14.4. The molecule has 0 spiro atoms. The number of aliphatic hydroxyl groups excluding tert-OH is 1.